The molecule has 0 aromatic carbocycles. The highest BCUT2D eigenvalue weighted by Crippen LogP contribution is 2.23. The standard InChI is InChI=1S/C16H26N4O3S/c1-14-5-3-7-16(17-14)19-8-4-6-15(13-19)18(2)24(21,22)20-9-11-23-12-10-20/h3,5,7,15H,4,6,8-13H2,1-2H3/t15-/m0/s1. The minimum Gasteiger partial charge on any atom is -0.379 e. The molecule has 24 heavy (non-hydrogen) atoms. The Morgan fingerprint density at radius 2 is 2.00 bits per heavy atom. The fourth-order valence-electron chi connectivity index (χ4n) is 3.31. The maximum Gasteiger partial charge on any atom is 0.282 e. The number of nitrogens with zero attached hydrogens (tertiary/aromatic N) is 4. The molecule has 0 saturated carbocycles. The molecule has 0 unspecified atom stereocenters. The second-order valence-electron chi connectivity index (χ2n) is 6.41. The number of aromatic nitrogens is 1. The lowest BCUT2D eigenvalue weighted by Gasteiger charge is -2.39. The molecule has 7 nitrogen and oxygen atoms in total. The number of rotatable bonds is 4. The van der Waals surface area contributed by atoms with E-state index in [1.807, 2.05) is 25.1 Å². The van der Waals surface area contributed by atoms with E-state index in [1.165, 1.54) is 4.31 Å². The maximum atomic E-state index is 12.8. The molecule has 2 saturated heterocycles. The van der Waals surface area contributed by atoms with Crippen LogP contribution >= 0.6 is 0 Å². The Balaban J connectivity index is 1.71. The summed E-state index contributed by atoms with van der Waals surface area (Å²) in [5.74, 6) is 0.928. The Morgan fingerprint density at radius 1 is 1.25 bits per heavy atom. The molecular weight excluding hydrogens is 328 g/mol. The molecule has 0 spiro atoms. The Morgan fingerprint density at radius 3 is 2.71 bits per heavy atom. The highest BCUT2D eigenvalue weighted by atomic mass is 32.2. The molecule has 0 aliphatic carbocycles. The molecular formula is C16H26N4O3S. The van der Waals surface area contributed by atoms with Crippen LogP contribution in [0.15, 0.2) is 18.2 Å². The summed E-state index contributed by atoms with van der Waals surface area (Å²) >= 11 is 0. The number of piperidine rings is 1. The van der Waals surface area contributed by atoms with Gasteiger partial charge in [-0.15, -0.1) is 0 Å². The van der Waals surface area contributed by atoms with Crippen molar-refractivity contribution in [1.29, 1.82) is 0 Å². The van der Waals surface area contributed by atoms with Gasteiger partial charge in [0.05, 0.1) is 13.2 Å². The Labute approximate surface area is 144 Å². The largest absolute Gasteiger partial charge is 0.379 e. The van der Waals surface area contributed by atoms with Crippen molar-refractivity contribution in [3.8, 4) is 0 Å². The molecule has 1 aromatic heterocycles. The van der Waals surface area contributed by atoms with E-state index in [-0.39, 0.29) is 6.04 Å². The summed E-state index contributed by atoms with van der Waals surface area (Å²) in [7, 11) is -1.74. The van der Waals surface area contributed by atoms with E-state index in [9.17, 15) is 8.42 Å². The number of hydrogen-bond donors (Lipinski definition) is 0. The van der Waals surface area contributed by atoms with E-state index in [1.54, 1.807) is 11.4 Å². The third-order valence-electron chi connectivity index (χ3n) is 4.77. The predicted octanol–water partition coefficient (Wildman–Crippen LogP) is 0.868. The number of anilines is 1. The second-order valence-corrected chi connectivity index (χ2v) is 8.40. The molecule has 0 radical (unpaired) electrons. The van der Waals surface area contributed by atoms with Gasteiger partial charge in [0, 0.05) is 45.0 Å². The first-order valence-electron chi connectivity index (χ1n) is 8.48. The average Bonchev–Trinajstić information content (AvgIpc) is 2.62. The van der Waals surface area contributed by atoms with Gasteiger partial charge >= 0.3 is 0 Å². The van der Waals surface area contributed by atoms with Crippen LogP contribution in [0.5, 0.6) is 0 Å². The Hall–Kier alpha value is -1.22. The molecule has 2 aliphatic heterocycles. The summed E-state index contributed by atoms with van der Waals surface area (Å²) in [4.78, 5) is 6.76. The van der Waals surface area contributed by atoms with Crippen molar-refractivity contribution in [1.82, 2.24) is 13.6 Å². The lowest BCUT2D eigenvalue weighted by molar-refractivity contribution is 0.0696. The smallest absolute Gasteiger partial charge is 0.282 e. The lowest BCUT2D eigenvalue weighted by atomic mass is 10.1. The highest BCUT2D eigenvalue weighted by Gasteiger charge is 2.35. The Bertz CT molecular complexity index is 661. The molecule has 134 valence electrons. The van der Waals surface area contributed by atoms with Crippen LogP contribution in [-0.2, 0) is 14.9 Å². The summed E-state index contributed by atoms with van der Waals surface area (Å²) in [5.41, 5.74) is 0.976. The zero-order valence-corrected chi connectivity index (χ0v) is 15.2. The fraction of sp³-hybridized carbons (Fsp3) is 0.688. The van der Waals surface area contributed by atoms with Gasteiger partial charge in [0.25, 0.3) is 10.2 Å². The van der Waals surface area contributed by atoms with Gasteiger partial charge in [-0.3, -0.25) is 0 Å². The fourth-order valence-corrected chi connectivity index (χ4v) is 4.84. The van der Waals surface area contributed by atoms with Crippen LogP contribution in [0, 0.1) is 6.92 Å². The van der Waals surface area contributed by atoms with Gasteiger partial charge in [-0.05, 0) is 31.9 Å². The number of hydrogen-bond acceptors (Lipinski definition) is 5. The number of ether oxygens (including phenoxy) is 1. The molecule has 0 bridgehead atoms. The van der Waals surface area contributed by atoms with Gasteiger partial charge in [0.2, 0.25) is 0 Å². The first-order chi connectivity index (χ1) is 11.5. The lowest BCUT2D eigenvalue weighted by Crippen LogP contribution is -2.54. The number of pyridine rings is 1. The monoisotopic (exact) mass is 354 g/mol. The first kappa shape index (κ1) is 17.6. The summed E-state index contributed by atoms with van der Waals surface area (Å²) in [6.45, 7) is 5.37. The summed E-state index contributed by atoms with van der Waals surface area (Å²) in [6.07, 6.45) is 1.84. The van der Waals surface area contributed by atoms with Gasteiger partial charge in [-0.2, -0.15) is 17.0 Å². The quantitative estimate of drug-likeness (QED) is 0.803. The second kappa shape index (κ2) is 7.35. The topological polar surface area (TPSA) is 66.0 Å². The molecule has 8 heteroatoms. The zero-order valence-electron chi connectivity index (χ0n) is 14.4. The van der Waals surface area contributed by atoms with Crippen LogP contribution in [0.1, 0.15) is 18.5 Å². The molecule has 1 aromatic rings. The van der Waals surface area contributed by atoms with Crippen LogP contribution < -0.4 is 4.90 Å². The van der Waals surface area contributed by atoms with Crippen molar-refractivity contribution in [2.24, 2.45) is 0 Å². The van der Waals surface area contributed by atoms with Gasteiger partial charge in [-0.25, -0.2) is 4.98 Å². The molecule has 0 amide bonds. The van der Waals surface area contributed by atoms with E-state index in [0.717, 1.165) is 30.9 Å². The van der Waals surface area contributed by atoms with Crippen LogP contribution in [0.25, 0.3) is 0 Å². The van der Waals surface area contributed by atoms with E-state index in [4.69, 9.17) is 4.74 Å². The average molecular weight is 354 g/mol. The van der Waals surface area contributed by atoms with Crippen molar-refractivity contribution in [3.63, 3.8) is 0 Å². The van der Waals surface area contributed by atoms with Crippen molar-refractivity contribution in [2.45, 2.75) is 25.8 Å². The van der Waals surface area contributed by atoms with E-state index in [2.05, 4.69) is 9.88 Å². The highest BCUT2D eigenvalue weighted by molar-refractivity contribution is 7.86. The number of morpholine rings is 1. The molecule has 2 aliphatic rings. The number of likely N-dealkylation sites (N-methyl/N-ethyl adjacent to an activating group) is 1. The van der Waals surface area contributed by atoms with Gasteiger partial charge in [0.1, 0.15) is 5.82 Å². The van der Waals surface area contributed by atoms with Crippen LogP contribution in [0.2, 0.25) is 0 Å². The van der Waals surface area contributed by atoms with Gasteiger partial charge in [0.15, 0.2) is 0 Å². The summed E-state index contributed by atoms with van der Waals surface area (Å²) in [6, 6.07) is 5.93. The minimum atomic E-state index is -3.44. The third kappa shape index (κ3) is 3.72. The van der Waals surface area contributed by atoms with Crippen molar-refractivity contribution in [3.05, 3.63) is 23.9 Å². The molecule has 1 atom stereocenters. The van der Waals surface area contributed by atoms with E-state index < -0.39 is 10.2 Å². The summed E-state index contributed by atoms with van der Waals surface area (Å²) < 4.78 is 34.0. The van der Waals surface area contributed by atoms with Crippen LogP contribution in [0.3, 0.4) is 0 Å². The predicted molar refractivity (Wildman–Crippen MR) is 93.3 cm³/mol. The Kier molecular flexibility index (Phi) is 5.39. The minimum absolute atomic E-state index is 0.0334. The van der Waals surface area contributed by atoms with Crippen molar-refractivity contribution >= 4 is 16.0 Å². The molecule has 3 heterocycles. The molecule has 3 rings (SSSR count). The SMILES string of the molecule is Cc1cccc(N2CCC[C@H](N(C)S(=O)(=O)N3CCOCC3)C2)n1. The van der Waals surface area contributed by atoms with Crippen LogP contribution in [0.4, 0.5) is 5.82 Å². The first-order valence-corrected chi connectivity index (χ1v) is 9.87. The van der Waals surface area contributed by atoms with Crippen LogP contribution in [-0.4, -0.2) is 74.5 Å². The van der Waals surface area contributed by atoms with Crippen molar-refractivity contribution < 1.29 is 13.2 Å². The normalized spacial score (nSPS) is 23.6. The number of aryl methyl sites for hydroxylation is 1. The summed E-state index contributed by atoms with van der Waals surface area (Å²) in [5, 5.41) is 0. The molecule has 0 N–H and O–H groups in total. The van der Waals surface area contributed by atoms with E-state index in [0.29, 0.717) is 32.8 Å². The molecule has 2 fully saturated rings. The zero-order chi connectivity index (χ0) is 17.2. The third-order valence-corrected chi connectivity index (χ3v) is 6.81. The van der Waals surface area contributed by atoms with Crippen molar-refractivity contribution in [2.75, 3.05) is 51.3 Å². The van der Waals surface area contributed by atoms with E-state index >= 15 is 0 Å². The maximum absolute atomic E-state index is 12.8. The van der Waals surface area contributed by atoms with Gasteiger partial charge in [-0.1, -0.05) is 6.07 Å². The van der Waals surface area contributed by atoms with Gasteiger partial charge < -0.3 is 9.64 Å².